The molecule has 0 bridgehead atoms. The fourth-order valence-corrected chi connectivity index (χ4v) is 2.12. The summed E-state index contributed by atoms with van der Waals surface area (Å²) in [6, 6.07) is 1.68. The number of carboxylic acid groups (broad SMARTS) is 1. The van der Waals surface area contributed by atoms with Crippen LogP contribution in [0.1, 0.15) is 36.0 Å². The van der Waals surface area contributed by atoms with E-state index in [0.717, 1.165) is 5.56 Å². The van der Waals surface area contributed by atoms with E-state index >= 15 is 0 Å². The molecule has 0 aromatic heterocycles. The van der Waals surface area contributed by atoms with Crippen LogP contribution in [0, 0.1) is 13.8 Å². The van der Waals surface area contributed by atoms with Crippen LogP contribution in [0.4, 0.5) is 0 Å². The summed E-state index contributed by atoms with van der Waals surface area (Å²) in [6.07, 6.45) is -0.0197. The zero-order chi connectivity index (χ0) is 12.5. The third-order valence-electron chi connectivity index (χ3n) is 2.71. The van der Waals surface area contributed by atoms with Crippen LogP contribution in [-0.4, -0.2) is 16.2 Å². The molecule has 1 rings (SSSR count). The molecule has 3 nitrogen and oxygen atoms in total. The first-order valence-electron chi connectivity index (χ1n) is 5.05. The molecule has 0 fully saturated rings. The molecular formula is C12H15ClO3. The Labute approximate surface area is 99.7 Å². The molecule has 0 heterocycles. The van der Waals surface area contributed by atoms with E-state index in [1.54, 1.807) is 26.8 Å². The molecule has 16 heavy (non-hydrogen) atoms. The van der Waals surface area contributed by atoms with Crippen molar-refractivity contribution in [2.45, 2.75) is 33.1 Å². The maximum absolute atomic E-state index is 10.7. The van der Waals surface area contributed by atoms with Gasteiger partial charge >= 0.3 is 5.97 Å². The van der Waals surface area contributed by atoms with Crippen LogP contribution in [0.5, 0.6) is 5.75 Å². The molecule has 2 N–H and O–H groups in total. The van der Waals surface area contributed by atoms with Crippen LogP contribution in [-0.2, 0) is 4.79 Å². The quantitative estimate of drug-likeness (QED) is 0.856. The van der Waals surface area contributed by atoms with E-state index in [2.05, 4.69) is 0 Å². The van der Waals surface area contributed by atoms with Crippen molar-refractivity contribution in [2.24, 2.45) is 0 Å². The summed E-state index contributed by atoms with van der Waals surface area (Å²) in [7, 11) is 0. The molecule has 1 unspecified atom stereocenters. The molecule has 0 spiro atoms. The second-order valence-corrected chi connectivity index (χ2v) is 4.47. The van der Waals surface area contributed by atoms with E-state index < -0.39 is 5.97 Å². The third-order valence-corrected chi connectivity index (χ3v) is 3.10. The van der Waals surface area contributed by atoms with Crippen molar-refractivity contribution in [3.63, 3.8) is 0 Å². The highest BCUT2D eigenvalue weighted by Gasteiger charge is 2.19. The number of aliphatic carboxylic acids is 1. The van der Waals surface area contributed by atoms with Crippen LogP contribution in [0.15, 0.2) is 6.07 Å². The molecule has 0 saturated carbocycles. The number of carbonyl (C=O) groups is 1. The van der Waals surface area contributed by atoms with Gasteiger partial charge in [-0.1, -0.05) is 18.5 Å². The van der Waals surface area contributed by atoms with E-state index in [4.69, 9.17) is 16.7 Å². The smallest absolute Gasteiger partial charge is 0.303 e. The van der Waals surface area contributed by atoms with Crippen LogP contribution in [0.25, 0.3) is 0 Å². The summed E-state index contributed by atoms with van der Waals surface area (Å²) in [5, 5.41) is 19.2. The van der Waals surface area contributed by atoms with Gasteiger partial charge in [0.1, 0.15) is 5.75 Å². The first-order valence-corrected chi connectivity index (χ1v) is 5.42. The lowest BCUT2D eigenvalue weighted by atomic mass is 9.91. The zero-order valence-electron chi connectivity index (χ0n) is 9.54. The van der Waals surface area contributed by atoms with Crippen molar-refractivity contribution in [1.29, 1.82) is 0 Å². The van der Waals surface area contributed by atoms with Gasteiger partial charge in [0.25, 0.3) is 0 Å². The monoisotopic (exact) mass is 242 g/mol. The van der Waals surface area contributed by atoms with E-state index in [9.17, 15) is 9.90 Å². The number of phenols is 1. The summed E-state index contributed by atoms with van der Waals surface area (Å²) in [5.74, 6) is -0.991. The minimum absolute atomic E-state index is 0.0197. The lowest BCUT2D eigenvalue weighted by Gasteiger charge is -2.17. The molecule has 0 radical (unpaired) electrons. The molecule has 0 aliphatic rings. The highest BCUT2D eigenvalue weighted by molar-refractivity contribution is 6.31. The molecule has 0 saturated heterocycles. The van der Waals surface area contributed by atoms with Crippen molar-refractivity contribution in [2.75, 3.05) is 0 Å². The summed E-state index contributed by atoms with van der Waals surface area (Å²) < 4.78 is 0. The van der Waals surface area contributed by atoms with E-state index in [1.807, 2.05) is 0 Å². The predicted molar refractivity (Wildman–Crippen MR) is 63.3 cm³/mol. The second-order valence-electron chi connectivity index (χ2n) is 4.06. The highest BCUT2D eigenvalue weighted by Crippen LogP contribution is 2.37. The SMILES string of the molecule is Cc1cc(Cl)c(C)c(C(C)CC(=O)O)c1O. The maximum atomic E-state index is 10.7. The number of hydrogen-bond acceptors (Lipinski definition) is 2. The lowest BCUT2D eigenvalue weighted by Crippen LogP contribution is -2.05. The Morgan fingerprint density at radius 3 is 2.56 bits per heavy atom. The fraction of sp³-hybridized carbons (Fsp3) is 0.417. The van der Waals surface area contributed by atoms with Gasteiger partial charge in [-0.05, 0) is 37.0 Å². The van der Waals surface area contributed by atoms with Crippen molar-refractivity contribution >= 4 is 17.6 Å². The van der Waals surface area contributed by atoms with Crippen molar-refractivity contribution in [3.8, 4) is 5.75 Å². The second kappa shape index (κ2) is 4.74. The van der Waals surface area contributed by atoms with E-state index in [-0.39, 0.29) is 18.1 Å². The lowest BCUT2D eigenvalue weighted by molar-refractivity contribution is -0.137. The highest BCUT2D eigenvalue weighted by atomic mass is 35.5. The van der Waals surface area contributed by atoms with Crippen LogP contribution >= 0.6 is 11.6 Å². The van der Waals surface area contributed by atoms with Crippen molar-refractivity contribution < 1.29 is 15.0 Å². The summed E-state index contributed by atoms with van der Waals surface area (Å²) in [6.45, 7) is 5.30. The number of aromatic hydroxyl groups is 1. The van der Waals surface area contributed by atoms with Crippen LogP contribution < -0.4 is 0 Å². The van der Waals surface area contributed by atoms with Crippen LogP contribution in [0.2, 0.25) is 5.02 Å². The van der Waals surface area contributed by atoms with Crippen molar-refractivity contribution in [1.82, 2.24) is 0 Å². The number of benzene rings is 1. The molecule has 1 aromatic rings. The molecule has 0 amide bonds. The molecular weight excluding hydrogens is 228 g/mol. The largest absolute Gasteiger partial charge is 0.507 e. The van der Waals surface area contributed by atoms with Gasteiger partial charge in [0, 0.05) is 10.6 Å². The molecule has 4 heteroatoms. The van der Waals surface area contributed by atoms with E-state index in [1.165, 1.54) is 0 Å². The standard InChI is InChI=1S/C12H15ClO3/c1-6(5-10(14)15)11-8(3)9(13)4-7(2)12(11)16/h4,6,16H,5H2,1-3H3,(H,14,15). The Morgan fingerprint density at radius 1 is 1.50 bits per heavy atom. The average Bonchev–Trinajstić information content (AvgIpc) is 2.14. The Bertz CT molecular complexity index is 401. The normalized spacial score (nSPS) is 12.5. The Morgan fingerprint density at radius 2 is 2.06 bits per heavy atom. The predicted octanol–water partition coefficient (Wildman–Crippen LogP) is 3.24. The fourth-order valence-electron chi connectivity index (χ4n) is 1.85. The first-order chi connectivity index (χ1) is 7.34. The molecule has 0 aliphatic heterocycles. The third kappa shape index (κ3) is 2.47. The van der Waals surface area contributed by atoms with Gasteiger partial charge in [0.15, 0.2) is 0 Å². The summed E-state index contributed by atoms with van der Waals surface area (Å²) in [5.41, 5.74) is 2.05. The number of aryl methyl sites for hydroxylation is 1. The molecule has 0 aliphatic carbocycles. The van der Waals surface area contributed by atoms with Gasteiger partial charge in [-0.15, -0.1) is 0 Å². The van der Waals surface area contributed by atoms with Gasteiger partial charge in [0.05, 0.1) is 6.42 Å². The van der Waals surface area contributed by atoms with Gasteiger partial charge in [0.2, 0.25) is 0 Å². The number of carboxylic acids is 1. The minimum atomic E-state index is -0.885. The Kier molecular flexibility index (Phi) is 3.81. The number of phenolic OH excluding ortho intramolecular Hbond substituents is 1. The summed E-state index contributed by atoms with van der Waals surface area (Å²) in [4.78, 5) is 10.7. The first kappa shape index (κ1) is 12.8. The Balaban J connectivity index is 3.26. The Hall–Kier alpha value is -1.22. The van der Waals surface area contributed by atoms with E-state index in [0.29, 0.717) is 16.1 Å². The molecule has 1 atom stereocenters. The van der Waals surface area contributed by atoms with Gasteiger partial charge < -0.3 is 10.2 Å². The number of hydrogen-bond donors (Lipinski definition) is 2. The van der Waals surface area contributed by atoms with Crippen LogP contribution in [0.3, 0.4) is 0 Å². The minimum Gasteiger partial charge on any atom is -0.507 e. The number of halogens is 1. The zero-order valence-corrected chi connectivity index (χ0v) is 10.3. The van der Waals surface area contributed by atoms with Gasteiger partial charge in [-0.2, -0.15) is 0 Å². The summed E-state index contributed by atoms with van der Waals surface area (Å²) >= 11 is 6.01. The van der Waals surface area contributed by atoms with Gasteiger partial charge in [-0.25, -0.2) is 0 Å². The average molecular weight is 243 g/mol. The van der Waals surface area contributed by atoms with Gasteiger partial charge in [-0.3, -0.25) is 4.79 Å². The topological polar surface area (TPSA) is 57.5 Å². The maximum Gasteiger partial charge on any atom is 0.303 e. The number of rotatable bonds is 3. The molecule has 1 aromatic carbocycles. The molecule has 88 valence electrons. The van der Waals surface area contributed by atoms with Crippen molar-refractivity contribution in [3.05, 3.63) is 27.8 Å².